The van der Waals surface area contributed by atoms with Crippen LogP contribution in [0.2, 0.25) is 0 Å². The molecular formula is C15H14N2O. The van der Waals surface area contributed by atoms with Crippen molar-refractivity contribution in [3.05, 3.63) is 65.8 Å². The second-order valence-electron chi connectivity index (χ2n) is 3.80. The molecule has 2 aromatic heterocycles. The molecule has 3 heteroatoms. The van der Waals surface area contributed by atoms with E-state index in [-0.39, 0.29) is 0 Å². The third-order valence-corrected chi connectivity index (χ3v) is 2.69. The van der Waals surface area contributed by atoms with Crippen molar-refractivity contribution in [3.63, 3.8) is 0 Å². The van der Waals surface area contributed by atoms with Crippen molar-refractivity contribution in [2.45, 2.75) is 13.3 Å². The zero-order chi connectivity index (χ0) is 12.8. The fraction of sp³-hybridized carbons (Fsp3) is 0.133. The highest BCUT2D eigenvalue weighted by molar-refractivity contribution is 5.92. The number of carbonyl (C=O) groups is 1. The highest BCUT2D eigenvalue weighted by Gasteiger charge is 2.12. The minimum absolute atomic E-state index is 0.659. The summed E-state index contributed by atoms with van der Waals surface area (Å²) < 4.78 is 0. The zero-order valence-electron chi connectivity index (χ0n) is 10.2. The molecular weight excluding hydrogens is 224 g/mol. The summed E-state index contributed by atoms with van der Waals surface area (Å²) in [4.78, 5) is 19.8. The second-order valence-corrected chi connectivity index (χ2v) is 3.80. The van der Waals surface area contributed by atoms with Gasteiger partial charge in [0.1, 0.15) is 6.29 Å². The third kappa shape index (κ3) is 2.51. The van der Waals surface area contributed by atoms with Gasteiger partial charge in [0.25, 0.3) is 0 Å². The van der Waals surface area contributed by atoms with Crippen molar-refractivity contribution >= 4 is 11.9 Å². The number of aromatic nitrogens is 2. The number of nitrogens with zero attached hydrogens (tertiary/aromatic N) is 2. The highest BCUT2D eigenvalue weighted by Crippen LogP contribution is 2.24. The number of hydrogen-bond acceptors (Lipinski definition) is 3. The fourth-order valence-electron chi connectivity index (χ4n) is 1.80. The molecule has 18 heavy (non-hydrogen) atoms. The average molecular weight is 238 g/mol. The van der Waals surface area contributed by atoms with E-state index in [0.29, 0.717) is 12.0 Å². The topological polar surface area (TPSA) is 42.9 Å². The molecule has 0 unspecified atom stereocenters. The van der Waals surface area contributed by atoms with Crippen LogP contribution in [0.25, 0.3) is 5.57 Å². The van der Waals surface area contributed by atoms with Crippen LogP contribution in [-0.4, -0.2) is 16.3 Å². The van der Waals surface area contributed by atoms with Gasteiger partial charge in [-0.3, -0.25) is 14.8 Å². The van der Waals surface area contributed by atoms with Gasteiger partial charge in [-0.25, -0.2) is 0 Å². The van der Waals surface area contributed by atoms with Gasteiger partial charge in [-0.1, -0.05) is 19.1 Å². The molecule has 0 amide bonds. The van der Waals surface area contributed by atoms with Crippen LogP contribution in [0.4, 0.5) is 0 Å². The lowest BCUT2D eigenvalue weighted by Crippen LogP contribution is -1.99. The van der Waals surface area contributed by atoms with Gasteiger partial charge in [0.15, 0.2) is 0 Å². The van der Waals surface area contributed by atoms with E-state index < -0.39 is 0 Å². The van der Waals surface area contributed by atoms with E-state index in [0.717, 1.165) is 23.2 Å². The molecule has 0 saturated heterocycles. The van der Waals surface area contributed by atoms with Crippen molar-refractivity contribution in [2.75, 3.05) is 0 Å². The van der Waals surface area contributed by atoms with Crippen molar-refractivity contribution in [1.29, 1.82) is 0 Å². The van der Waals surface area contributed by atoms with Crippen LogP contribution in [0.15, 0.2) is 54.4 Å². The van der Waals surface area contributed by atoms with Gasteiger partial charge < -0.3 is 0 Å². The predicted molar refractivity (Wildman–Crippen MR) is 70.9 cm³/mol. The monoisotopic (exact) mass is 238 g/mol. The number of pyridine rings is 2. The first-order valence-electron chi connectivity index (χ1n) is 5.88. The van der Waals surface area contributed by atoms with Gasteiger partial charge in [0.05, 0.1) is 11.4 Å². The molecule has 0 aliphatic rings. The lowest BCUT2D eigenvalue weighted by Gasteiger charge is -2.09. The van der Waals surface area contributed by atoms with Crippen LogP contribution >= 0.6 is 0 Å². The highest BCUT2D eigenvalue weighted by atomic mass is 16.1. The Morgan fingerprint density at radius 1 is 1.06 bits per heavy atom. The third-order valence-electron chi connectivity index (χ3n) is 2.69. The molecule has 90 valence electrons. The van der Waals surface area contributed by atoms with Crippen molar-refractivity contribution in [1.82, 2.24) is 9.97 Å². The molecule has 2 aromatic rings. The smallest absolute Gasteiger partial charge is 0.146 e. The van der Waals surface area contributed by atoms with E-state index >= 15 is 0 Å². The molecule has 0 aliphatic carbocycles. The normalized spacial score (nSPS) is 9.83. The van der Waals surface area contributed by atoms with Gasteiger partial charge in [-0.15, -0.1) is 0 Å². The largest absolute Gasteiger partial charge is 0.298 e. The van der Waals surface area contributed by atoms with Gasteiger partial charge in [-0.2, -0.15) is 0 Å². The average Bonchev–Trinajstić information content (AvgIpc) is 2.46. The Bertz CT molecular complexity index is 506. The summed E-state index contributed by atoms with van der Waals surface area (Å²) in [5.74, 6) is 0. The Balaban J connectivity index is 2.63. The number of hydrogen-bond donors (Lipinski definition) is 0. The standard InChI is InChI=1S/C15H14N2O/c1-2-12(11-18)15(13-7-3-5-9-16-13)14-8-4-6-10-17-14/h3-11H,2H2,1H3. The molecule has 0 saturated carbocycles. The number of aldehydes is 1. The van der Waals surface area contributed by atoms with Gasteiger partial charge in [0, 0.05) is 23.5 Å². The minimum atomic E-state index is 0.659. The van der Waals surface area contributed by atoms with E-state index in [2.05, 4.69) is 9.97 Å². The fourth-order valence-corrected chi connectivity index (χ4v) is 1.80. The summed E-state index contributed by atoms with van der Waals surface area (Å²) in [7, 11) is 0. The summed E-state index contributed by atoms with van der Waals surface area (Å²) in [5, 5.41) is 0. The molecule has 0 aromatic carbocycles. The summed E-state index contributed by atoms with van der Waals surface area (Å²) >= 11 is 0. The molecule has 0 fully saturated rings. The number of carbonyl (C=O) groups excluding carboxylic acids is 1. The molecule has 0 radical (unpaired) electrons. The predicted octanol–water partition coefficient (Wildman–Crippen LogP) is 2.89. The van der Waals surface area contributed by atoms with Crippen LogP contribution in [0, 0.1) is 0 Å². The molecule has 2 rings (SSSR count). The molecule has 0 N–H and O–H groups in total. The second kappa shape index (κ2) is 5.87. The number of rotatable bonds is 4. The van der Waals surface area contributed by atoms with Gasteiger partial charge in [-0.05, 0) is 30.7 Å². The molecule has 2 heterocycles. The lowest BCUT2D eigenvalue weighted by molar-refractivity contribution is -0.104. The lowest BCUT2D eigenvalue weighted by atomic mass is 9.99. The van der Waals surface area contributed by atoms with E-state index in [4.69, 9.17) is 0 Å². The van der Waals surface area contributed by atoms with Crippen LogP contribution in [0.5, 0.6) is 0 Å². The maximum Gasteiger partial charge on any atom is 0.146 e. The summed E-state index contributed by atoms with van der Waals surface area (Å²) in [5.41, 5.74) is 3.08. The van der Waals surface area contributed by atoms with E-state index in [1.165, 1.54) is 0 Å². The quantitative estimate of drug-likeness (QED) is 0.607. The first kappa shape index (κ1) is 12.2. The van der Waals surface area contributed by atoms with Crippen LogP contribution in [0.1, 0.15) is 24.7 Å². The van der Waals surface area contributed by atoms with E-state index in [1.54, 1.807) is 12.4 Å². The Hall–Kier alpha value is -2.29. The Kier molecular flexibility index (Phi) is 3.97. The molecule has 3 nitrogen and oxygen atoms in total. The van der Waals surface area contributed by atoms with Crippen molar-refractivity contribution in [2.24, 2.45) is 0 Å². The van der Waals surface area contributed by atoms with Crippen molar-refractivity contribution < 1.29 is 4.79 Å². The van der Waals surface area contributed by atoms with E-state index in [1.807, 2.05) is 43.3 Å². The van der Waals surface area contributed by atoms with Crippen LogP contribution in [-0.2, 0) is 4.79 Å². The Labute approximate surface area is 106 Å². The first-order valence-corrected chi connectivity index (χ1v) is 5.88. The molecule has 0 aliphatic heterocycles. The minimum Gasteiger partial charge on any atom is -0.298 e. The summed E-state index contributed by atoms with van der Waals surface area (Å²) in [6, 6.07) is 11.3. The van der Waals surface area contributed by atoms with Crippen molar-refractivity contribution in [3.8, 4) is 0 Å². The van der Waals surface area contributed by atoms with Crippen LogP contribution in [0.3, 0.4) is 0 Å². The maximum absolute atomic E-state index is 11.2. The molecule has 0 spiro atoms. The SMILES string of the molecule is CCC(C=O)=C(c1ccccn1)c1ccccn1. The van der Waals surface area contributed by atoms with Gasteiger partial charge in [0.2, 0.25) is 0 Å². The van der Waals surface area contributed by atoms with Gasteiger partial charge >= 0.3 is 0 Å². The Morgan fingerprint density at radius 2 is 1.61 bits per heavy atom. The number of allylic oxidation sites excluding steroid dienone is 1. The van der Waals surface area contributed by atoms with E-state index in [9.17, 15) is 4.79 Å². The maximum atomic E-state index is 11.2. The van der Waals surface area contributed by atoms with Crippen LogP contribution < -0.4 is 0 Å². The molecule has 0 bridgehead atoms. The first-order chi connectivity index (χ1) is 8.86. The molecule has 0 atom stereocenters. The summed E-state index contributed by atoms with van der Waals surface area (Å²) in [6.45, 7) is 1.95. The Morgan fingerprint density at radius 3 is 1.94 bits per heavy atom. The summed E-state index contributed by atoms with van der Waals surface area (Å²) in [6.07, 6.45) is 4.98. The zero-order valence-corrected chi connectivity index (χ0v) is 10.2.